The van der Waals surface area contributed by atoms with E-state index in [1.807, 2.05) is 0 Å². The molecule has 3 N–H and O–H groups in total. The Morgan fingerprint density at radius 1 is 0.407 bits per heavy atom. The molecular formula is C67H45F11N10O3. The molecule has 0 atom stereocenters. The molecule has 458 valence electrons. The standard InChI is InChI=1S/C23H15F3N4O.2C22H15F4N3O/c24-23(25,26)17-7-3-5-15(11-17)13-28-22(31)18-8-4-10-21-19(18)14-29-30(21)20-9-2-1-6-16(20)12-27;23-16-6-2-7-17(11-16)29-20-9-3-8-18(19(20)13-28-29)21(30)27-12-14-4-1-5-15(10-14)22(24,25)26;23-18-8-1-2-9-20(18)29-19-10-4-7-16(17(19)13-28-29)21(30)27-12-14-5-3-6-15(11-14)22(24,25)26/h1-11,14H,13H2,(H,28,31);2*1-11,13H,12H2,(H,27,30). The van der Waals surface area contributed by atoms with Crippen molar-refractivity contribution in [1.29, 1.82) is 5.26 Å². The van der Waals surface area contributed by atoms with Gasteiger partial charge in [0, 0.05) is 35.8 Å². The van der Waals surface area contributed by atoms with Crippen LogP contribution in [-0.4, -0.2) is 47.1 Å². The maximum Gasteiger partial charge on any atom is 0.416 e. The number of benzene rings is 9. The number of amides is 3. The summed E-state index contributed by atoms with van der Waals surface area (Å²) < 4.78 is 148. The SMILES string of the molecule is N#Cc1ccccc1-n1ncc2c(C(=O)NCc3cccc(C(F)(F)F)c3)cccc21.O=C(NCc1cccc(C(F)(F)F)c1)c1cccc2c1cnn2-c1cccc(F)c1.O=C(NCc1cccc(C(F)(F)F)c1)c1cccc2c1cnn2-c1ccccc1F. The van der Waals surface area contributed by atoms with Gasteiger partial charge in [0.05, 0.1) is 85.5 Å². The van der Waals surface area contributed by atoms with Crippen molar-refractivity contribution in [3.8, 4) is 23.1 Å². The number of nitrogens with one attached hydrogen (secondary N) is 3. The molecule has 0 fully saturated rings. The molecule has 12 aromatic rings. The number of fused-ring (bicyclic) bond motifs is 3. The molecule has 91 heavy (non-hydrogen) atoms. The van der Waals surface area contributed by atoms with Gasteiger partial charge in [-0.05, 0) is 132 Å². The topological polar surface area (TPSA) is 165 Å². The number of rotatable bonds is 12. The molecule has 0 aliphatic carbocycles. The van der Waals surface area contributed by atoms with Crippen LogP contribution in [0.3, 0.4) is 0 Å². The average Bonchev–Trinajstić information content (AvgIpc) is 1.75. The van der Waals surface area contributed by atoms with Crippen LogP contribution >= 0.6 is 0 Å². The van der Waals surface area contributed by atoms with E-state index in [1.165, 1.54) is 82.6 Å². The van der Waals surface area contributed by atoms with Crippen LogP contribution in [0, 0.1) is 23.0 Å². The molecule has 13 nitrogen and oxygen atoms in total. The Kier molecular flexibility index (Phi) is 18.2. The largest absolute Gasteiger partial charge is 0.416 e. The van der Waals surface area contributed by atoms with Crippen molar-refractivity contribution in [1.82, 2.24) is 45.3 Å². The molecule has 0 saturated heterocycles. The first-order valence-corrected chi connectivity index (χ1v) is 27.3. The third-order valence-electron chi connectivity index (χ3n) is 14.1. The summed E-state index contributed by atoms with van der Waals surface area (Å²) in [7, 11) is 0. The molecule has 0 aliphatic heterocycles. The number of para-hydroxylation sites is 2. The summed E-state index contributed by atoms with van der Waals surface area (Å²) in [6, 6.07) is 50.5. The van der Waals surface area contributed by atoms with Gasteiger partial charge in [0.15, 0.2) is 0 Å². The molecule has 0 aliphatic rings. The molecule has 12 rings (SSSR count). The van der Waals surface area contributed by atoms with Gasteiger partial charge in [-0.1, -0.05) is 84.9 Å². The molecule has 9 aromatic carbocycles. The second-order valence-corrected chi connectivity index (χ2v) is 20.1. The number of carbonyl (C=O) groups excluding carboxylic acids is 3. The van der Waals surface area contributed by atoms with E-state index < -0.39 is 64.6 Å². The Bertz CT molecular complexity index is 4720. The molecule has 0 bridgehead atoms. The number of alkyl halides is 9. The van der Waals surface area contributed by atoms with Crippen molar-refractivity contribution in [3.63, 3.8) is 0 Å². The number of carbonyl (C=O) groups is 3. The summed E-state index contributed by atoms with van der Waals surface area (Å²) in [5, 5.41) is 31.7. The van der Waals surface area contributed by atoms with Gasteiger partial charge in [-0.15, -0.1) is 0 Å². The van der Waals surface area contributed by atoms with E-state index in [-0.39, 0.29) is 25.3 Å². The second kappa shape index (κ2) is 26.5. The Morgan fingerprint density at radius 2 is 0.769 bits per heavy atom. The zero-order chi connectivity index (χ0) is 64.6. The maximum atomic E-state index is 14.1. The lowest BCUT2D eigenvalue weighted by Crippen LogP contribution is -2.23. The van der Waals surface area contributed by atoms with E-state index in [9.17, 15) is 67.9 Å². The molecule has 0 spiro atoms. The van der Waals surface area contributed by atoms with Gasteiger partial charge in [-0.25, -0.2) is 22.8 Å². The zero-order valence-electron chi connectivity index (χ0n) is 46.9. The average molecular weight is 1250 g/mol. The highest BCUT2D eigenvalue weighted by atomic mass is 19.4. The highest BCUT2D eigenvalue weighted by Crippen LogP contribution is 2.33. The molecule has 3 aromatic heterocycles. The summed E-state index contributed by atoms with van der Waals surface area (Å²) in [6.07, 6.45) is -8.85. The number of hydrogen-bond donors (Lipinski definition) is 3. The van der Waals surface area contributed by atoms with E-state index in [0.29, 0.717) is 83.0 Å². The fourth-order valence-electron chi connectivity index (χ4n) is 9.73. The lowest BCUT2D eigenvalue weighted by molar-refractivity contribution is -0.138. The third kappa shape index (κ3) is 14.4. The first kappa shape index (κ1) is 62.6. The van der Waals surface area contributed by atoms with Crippen LogP contribution in [-0.2, 0) is 38.2 Å². The smallest absolute Gasteiger partial charge is 0.348 e. The highest BCUT2D eigenvalue weighted by molar-refractivity contribution is 6.08. The molecule has 0 saturated carbocycles. The monoisotopic (exact) mass is 1250 g/mol. The normalized spacial score (nSPS) is 11.5. The van der Waals surface area contributed by atoms with Gasteiger partial charge in [-0.2, -0.15) is 60.1 Å². The van der Waals surface area contributed by atoms with Crippen molar-refractivity contribution in [2.75, 3.05) is 0 Å². The first-order valence-electron chi connectivity index (χ1n) is 27.3. The van der Waals surface area contributed by atoms with Gasteiger partial charge in [0.1, 0.15) is 23.4 Å². The zero-order valence-corrected chi connectivity index (χ0v) is 46.9. The molecular weight excluding hydrogens is 1200 g/mol. The molecule has 24 heteroatoms. The van der Waals surface area contributed by atoms with Crippen LogP contribution in [0.5, 0.6) is 0 Å². The van der Waals surface area contributed by atoms with E-state index >= 15 is 0 Å². The van der Waals surface area contributed by atoms with Gasteiger partial charge < -0.3 is 16.0 Å². The second-order valence-electron chi connectivity index (χ2n) is 20.1. The minimum atomic E-state index is -4.45. The lowest BCUT2D eigenvalue weighted by Gasteiger charge is -2.10. The quantitative estimate of drug-likeness (QED) is 0.102. The molecule has 0 radical (unpaired) electrons. The Morgan fingerprint density at radius 3 is 1.18 bits per heavy atom. The number of nitrogens with zero attached hydrogens (tertiary/aromatic N) is 7. The fourth-order valence-corrected chi connectivity index (χ4v) is 9.73. The van der Waals surface area contributed by atoms with Crippen molar-refractivity contribution < 1.29 is 62.7 Å². The van der Waals surface area contributed by atoms with Crippen molar-refractivity contribution in [2.45, 2.75) is 38.2 Å². The molecule has 3 heterocycles. The van der Waals surface area contributed by atoms with Crippen molar-refractivity contribution in [3.05, 3.63) is 286 Å². The van der Waals surface area contributed by atoms with Crippen LogP contribution in [0.1, 0.15) is 70.0 Å². The van der Waals surface area contributed by atoms with E-state index in [2.05, 4.69) is 37.3 Å². The highest BCUT2D eigenvalue weighted by Gasteiger charge is 2.32. The van der Waals surface area contributed by atoms with Gasteiger partial charge in [0.2, 0.25) is 0 Å². The molecule has 0 unspecified atom stereocenters. The lowest BCUT2D eigenvalue weighted by atomic mass is 10.1. The minimum absolute atomic E-state index is 0.0510. The van der Waals surface area contributed by atoms with E-state index in [4.69, 9.17) is 0 Å². The molecule has 3 amide bonds. The van der Waals surface area contributed by atoms with Crippen molar-refractivity contribution in [2.24, 2.45) is 0 Å². The van der Waals surface area contributed by atoms with Crippen LogP contribution in [0.4, 0.5) is 48.3 Å². The summed E-state index contributed by atoms with van der Waals surface area (Å²) in [4.78, 5) is 38.1. The summed E-state index contributed by atoms with van der Waals surface area (Å²) >= 11 is 0. The van der Waals surface area contributed by atoms with Crippen LogP contribution < -0.4 is 16.0 Å². The predicted octanol–water partition coefficient (Wildman–Crippen LogP) is 15.1. The summed E-state index contributed by atoms with van der Waals surface area (Å²) in [5.41, 5.74) is 3.19. The van der Waals surface area contributed by atoms with Crippen LogP contribution in [0.25, 0.3) is 49.8 Å². The number of nitriles is 1. The van der Waals surface area contributed by atoms with E-state index in [1.54, 1.807) is 114 Å². The number of aromatic nitrogens is 6. The minimum Gasteiger partial charge on any atom is -0.348 e. The number of hydrogen-bond acceptors (Lipinski definition) is 7. The van der Waals surface area contributed by atoms with Crippen LogP contribution in [0.2, 0.25) is 0 Å². The number of halogens is 11. The van der Waals surface area contributed by atoms with Gasteiger partial charge in [0.25, 0.3) is 17.7 Å². The first-order chi connectivity index (χ1) is 43.5. The van der Waals surface area contributed by atoms with Gasteiger partial charge >= 0.3 is 18.5 Å². The van der Waals surface area contributed by atoms with E-state index in [0.717, 1.165) is 36.4 Å². The third-order valence-corrected chi connectivity index (χ3v) is 14.1. The maximum absolute atomic E-state index is 14.1. The van der Waals surface area contributed by atoms with Crippen LogP contribution in [0.15, 0.2) is 219 Å². The van der Waals surface area contributed by atoms with Gasteiger partial charge in [-0.3, -0.25) is 14.4 Å². The predicted molar refractivity (Wildman–Crippen MR) is 316 cm³/mol. The Hall–Kier alpha value is -11.5. The summed E-state index contributed by atoms with van der Waals surface area (Å²) in [5.74, 6) is -2.22. The summed E-state index contributed by atoms with van der Waals surface area (Å²) in [6.45, 7) is -0.178. The Balaban J connectivity index is 0.000000150. The fraction of sp³-hybridized carbons (Fsp3) is 0.0896. The van der Waals surface area contributed by atoms with Crippen molar-refractivity contribution >= 4 is 50.4 Å². The Labute approximate surface area is 509 Å².